The molecule has 0 saturated carbocycles. The molecule has 7 nitrogen and oxygen atoms in total. The maximum atomic E-state index is 15.9. The Hall–Kier alpha value is -4.87. The molecule has 4 heterocycles. The van der Waals surface area contributed by atoms with Crippen molar-refractivity contribution in [3.63, 3.8) is 0 Å². The molecule has 236 valence electrons. The van der Waals surface area contributed by atoms with Crippen LogP contribution in [0.5, 0.6) is 5.75 Å². The minimum atomic E-state index is -3.43. The van der Waals surface area contributed by atoms with Gasteiger partial charge in [0.25, 0.3) is 11.8 Å². The molecule has 0 bridgehead atoms. The van der Waals surface area contributed by atoms with Gasteiger partial charge < -0.3 is 14.4 Å². The van der Waals surface area contributed by atoms with Crippen molar-refractivity contribution < 1.29 is 27.4 Å². The van der Waals surface area contributed by atoms with Crippen LogP contribution in [0.25, 0.3) is 21.6 Å². The molecule has 0 radical (unpaired) electrons. The van der Waals surface area contributed by atoms with Gasteiger partial charge in [0, 0.05) is 41.2 Å². The average Bonchev–Trinajstić information content (AvgIpc) is 3.44. The number of benzene rings is 3. The number of amides is 1. The van der Waals surface area contributed by atoms with Crippen molar-refractivity contribution in [1.29, 1.82) is 0 Å². The predicted octanol–water partition coefficient (Wildman–Crippen LogP) is 6.46. The van der Waals surface area contributed by atoms with Crippen molar-refractivity contribution in [2.45, 2.75) is 31.2 Å². The molecule has 0 spiro atoms. The number of ether oxygens (including phenoxy) is 2. The van der Waals surface area contributed by atoms with E-state index in [2.05, 4.69) is 0 Å². The van der Waals surface area contributed by atoms with Gasteiger partial charge in [-0.05, 0) is 39.3 Å². The topological polar surface area (TPSA) is 64.0 Å². The fourth-order valence-corrected chi connectivity index (χ4v) is 8.68. The molecule has 3 aromatic carbocycles. The van der Waals surface area contributed by atoms with Crippen LogP contribution in [0, 0.1) is 5.82 Å². The highest BCUT2D eigenvalue weighted by molar-refractivity contribution is 7.14. The van der Waals surface area contributed by atoms with Gasteiger partial charge in [-0.2, -0.15) is 0 Å². The highest BCUT2D eigenvalue weighted by Gasteiger charge is 2.50. The minimum Gasteiger partial charge on any atom is -0.482 e. The van der Waals surface area contributed by atoms with E-state index in [9.17, 15) is 9.59 Å². The van der Waals surface area contributed by atoms with Gasteiger partial charge in [-0.25, -0.2) is 13.2 Å². The summed E-state index contributed by atoms with van der Waals surface area (Å²) in [6.07, 6.45) is 0.260. The maximum Gasteiger partial charge on any atom is 0.280 e. The Labute approximate surface area is 271 Å². The third kappa shape index (κ3) is 4.09. The number of hydrogen-bond acceptors (Lipinski definition) is 6. The molecular formula is C36H26F3N3O4S. The summed E-state index contributed by atoms with van der Waals surface area (Å²) in [5.41, 5.74) is 3.15. The normalized spacial score (nSPS) is 20.1. The molecule has 47 heavy (non-hydrogen) atoms. The molecule has 1 saturated heterocycles. The van der Waals surface area contributed by atoms with Gasteiger partial charge in [-0.3, -0.25) is 19.3 Å². The molecule has 2 aromatic heterocycles. The predicted molar refractivity (Wildman–Crippen MR) is 170 cm³/mol. The second-order valence-electron chi connectivity index (χ2n) is 12.1. The van der Waals surface area contributed by atoms with Crippen LogP contribution in [0.1, 0.15) is 44.3 Å². The maximum absolute atomic E-state index is 15.9. The van der Waals surface area contributed by atoms with Gasteiger partial charge >= 0.3 is 0 Å². The smallest absolute Gasteiger partial charge is 0.280 e. The number of alkyl halides is 2. The first kappa shape index (κ1) is 28.4. The monoisotopic (exact) mass is 653 g/mol. The quantitative estimate of drug-likeness (QED) is 0.223. The van der Waals surface area contributed by atoms with E-state index in [-0.39, 0.29) is 43.4 Å². The summed E-state index contributed by atoms with van der Waals surface area (Å²) in [5.74, 6) is -4.89. The zero-order valence-electron chi connectivity index (χ0n) is 24.8. The summed E-state index contributed by atoms with van der Waals surface area (Å²) in [5, 5.41) is 3.65. The average molecular weight is 654 g/mol. The number of fused-ring (bicyclic) bond motifs is 4. The van der Waals surface area contributed by atoms with Crippen molar-refractivity contribution in [1.82, 2.24) is 9.58 Å². The first-order chi connectivity index (χ1) is 22.8. The summed E-state index contributed by atoms with van der Waals surface area (Å²) in [6, 6.07) is 20.2. The van der Waals surface area contributed by atoms with E-state index in [0.717, 1.165) is 27.6 Å². The van der Waals surface area contributed by atoms with Crippen molar-refractivity contribution >= 4 is 17.2 Å². The van der Waals surface area contributed by atoms with E-state index < -0.39 is 47.3 Å². The Morgan fingerprint density at radius 1 is 0.957 bits per heavy atom. The Bertz CT molecular complexity index is 2160. The van der Waals surface area contributed by atoms with E-state index in [1.54, 1.807) is 21.0 Å². The fourth-order valence-electron chi connectivity index (χ4n) is 7.56. The number of nitrogens with zero attached hydrogens (tertiary/aromatic N) is 3. The Morgan fingerprint density at radius 3 is 2.62 bits per heavy atom. The fraction of sp³-hybridized carbons (Fsp3) is 0.222. The van der Waals surface area contributed by atoms with E-state index in [1.807, 2.05) is 59.6 Å². The van der Waals surface area contributed by atoms with E-state index in [4.69, 9.17) is 9.47 Å². The molecule has 1 amide bonds. The molecule has 2 aliphatic carbocycles. The Morgan fingerprint density at radius 2 is 1.77 bits per heavy atom. The standard InChI is InChI=1S/C36H26F3N3O4S/c37-25-11-10-24-29-28-21(16-36(38,39)30(25)29)19-47-34(28)23-9-5-4-8-22(23)31(24)42-27-18-45-15-14-40(27)35(44)32-33(26(43)12-13-41(32)42)46-17-20-6-2-1-3-7-20/h1-13,19,27,31H,14-18H2. The number of carbonyl (C=O) groups excluding carboxylic acids is 1. The lowest BCUT2D eigenvalue weighted by atomic mass is 9.80. The van der Waals surface area contributed by atoms with E-state index in [1.165, 1.54) is 23.6 Å². The van der Waals surface area contributed by atoms with Crippen molar-refractivity contribution in [2.75, 3.05) is 24.8 Å². The number of halogens is 3. The van der Waals surface area contributed by atoms with Crippen LogP contribution >= 0.6 is 11.3 Å². The third-order valence-electron chi connectivity index (χ3n) is 9.52. The summed E-state index contributed by atoms with van der Waals surface area (Å²) < 4.78 is 61.0. The zero-order valence-corrected chi connectivity index (χ0v) is 25.6. The molecular weight excluding hydrogens is 627 g/mol. The van der Waals surface area contributed by atoms with Crippen molar-refractivity contribution in [2.24, 2.45) is 0 Å². The van der Waals surface area contributed by atoms with E-state index in [0.29, 0.717) is 16.7 Å². The van der Waals surface area contributed by atoms with Gasteiger partial charge in [0.15, 0.2) is 11.4 Å². The molecule has 2 atom stereocenters. The Kier molecular flexibility index (Phi) is 6.22. The van der Waals surface area contributed by atoms with Crippen LogP contribution in [0.2, 0.25) is 0 Å². The van der Waals surface area contributed by atoms with Crippen LogP contribution in [0.3, 0.4) is 0 Å². The lowest BCUT2D eigenvalue weighted by molar-refractivity contribution is -0.0198. The lowest BCUT2D eigenvalue weighted by Gasteiger charge is -2.51. The van der Waals surface area contributed by atoms with Crippen LogP contribution in [-0.2, 0) is 23.7 Å². The van der Waals surface area contributed by atoms with Crippen LogP contribution < -0.4 is 15.2 Å². The molecule has 1 fully saturated rings. The van der Waals surface area contributed by atoms with Gasteiger partial charge in [-0.1, -0.05) is 60.7 Å². The number of morpholine rings is 1. The lowest BCUT2D eigenvalue weighted by Crippen LogP contribution is -2.66. The number of pyridine rings is 1. The van der Waals surface area contributed by atoms with Gasteiger partial charge in [-0.15, -0.1) is 11.3 Å². The van der Waals surface area contributed by atoms with E-state index >= 15 is 13.2 Å². The van der Waals surface area contributed by atoms with Gasteiger partial charge in [0.2, 0.25) is 5.43 Å². The van der Waals surface area contributed by atoms with Crippen LogP contribution in [0.4, 0.5) is 13.2 Å². The van der Waals surface area contributed by atoms with Crippen LogP contribution in [0.15, 0.2) is 89.2 Å². The second kappa shape index (κ2) is 10.3. The summed E-state index contributed by atoms with van der Waals surface area (Å²) in [6.45, 7) is 0.714. The van der Waals surface area contributed by atoms with Crippen molar-refractivity contribution in [3.8, 4) is 27.3 Å². The van der Waals surface area contributed by atoms with Gasteiger partial charge in [0.05, 0.1) is 24.8 Å². The highest BCUT2D eigenvalue weighted by atomic mass is 32.1. The summed E-state index contributed by atoms with van der Waals surface area (Å²) in [7, 11) is 0. The first-order valence-electron chi connectivity index (χ1n) is 15.3. The molecule has 4 aliphatic rings. The molecule has 0 N–H and O–H groups in total. The zero-order chi connectivity index (χ0) is 32.0. The molecule has 11 heteroatoms. The number of rotatable bonds is 4. The highest BCUT2D eigenvalue weighted by Crippen LogP contribution is 2.58. The molecule has 9 rings (SSSR count). The summed E-state index contributed by atoms with van der Waals surface area (Å²) >= 11 is 1.37. The molecule has 2 aliphatic heterocycles. The number of thiophene rings is 1. The third-order valence-corrected chi connectivity index (χ3v) is 10.6. The first-order valence-corrected chi connectivity index (χ1v) is 16.2. The number of aromatic nitrogens is 1. The molecule has 5 aromatic rings. The van der Waals surface area contributed by atoms with Crippen LogP contribution in [-0.4, -0.2) is 41.4 Å². The number of hydrogen-bond donors (Lipinski definition) is 0. The molecule has 2 unspecified atom stereocenters. The van der Waals surface area contributed by atoms with Crippen molar-refractivity contribution in [3.05, 3.63) is 134 Å². The SMILES string of the molecule is O=C1c2c(OCc3ccccc3)c(=O)ccn2N(C2c3ccccc3-c3scc4c3-c3c2ccc(F)c3C(F)(F)C4)C2COCCN12. The van der Waals surface area contributed by atoms with Gasteiger partial charge in [0.1, 0.15) is 18.6 Å². The Balaban J connectivity index is 1.32. The number of carbonyl (C=O) groups is 1. The minimum absolute atomic E-state index is 0.0325. The second-order valence-corrected chi connectivity index (χ2v) is 13.0. The summed E-state index contributed by atoms with van der Waals surface area (Å²) in [4.78, 5) is 30.1. The largest absolute Gasteiger partial charge is 0.482 e.